The maximum atomic E-state index is 12.8. The van der Waals surface area contributed by atoms with E-state index in [-0.39, 0.29) is 22.9 Å². The number of nitrogens with one attached hydrogen (secondary N) is 1. The third-order valence-corrected chi connectivity index (χ3v) is 4.65. The van der Waals surface area contributed by atoms with E-state index < -0.39 is 16.5 Å². The summed E-state index contributed by atoms with van der Waals surface area (Å²) in [5.74, 6) is -0.253. The number of allylic oxidation sites excluding steroid dienone is 1. The smallest absolute Gasteiger partial charge is 0.344 e. The van der Waals surface area contributed by atoms with Gasteiger partial charge in [-0.15, -0.1) is 0 Å². The van der Waals surface area contributed by atoms with Crippen molar-refractivity contribution in [2.45, 2.75) is 5.92 Å². The van der Waals surface area contributed by atoms with Crippen molar-refractivity contribution in [1.29, 1.82) is 0 Å². The van der Waals surface area contributed by atoms with Gasteiger partial charge in [0, 0.05) is 7.05 Å². The first kappa shape index (κ1) is 17.6. The molecule has 2 aromatic carbocycles. The van der Waals surface area contributed by atoms with Crippen LogP contribution in [-0.2, 0) is 0 Å². The minimum Gasteiger partial charge on any atom is -0.497 e. The summed E-state index contributed by atoms with van der Waals surface area (Å²) in [6, 6.07) is 13.7. The first-order valence-corrected chi connectivity index (χ1v) is 8.49. The topological polar surface area (TPSA) is 104 Å². The van der Waals surface area contributed by atoms with E-state index in [2.05, 4.69) is 5.32 Å². The van der Waals surface area contributed by atoms with Crippen molar-refractivity contribution in [2.24, 2.45) is 0 Å². The Kier molecular flexibility index (Phi) is 4.23. The minimum absolute atomic E-state index is 0.0268. The van der Waals surface area contributed by atoms with E-state index in [1.54, 1.807) is 48.5 Å². The Morgan fingerprint density at radius 2 is 1.96 bits per heavy atom. The van der Waals surface area contributed by atoms with Crippen molar-refractivity contribution in [1.82, 2.24) is 5.32 Å². The fourth-order valence-electron chi connectivity index (χ4n) is 3.43. The first-order chi connectivity index (χ1) is 13.5. The van der Waals surface area contributed by atoms with E-state index in [1.165, 1.54) is 14.2 Å². The summed E-state index contributed by atoms with van der Waals surface area (Å²) >= 11 is 0. The molecule has 0 saturated heterocycles. The molecule has 142 valence electrons. The SMILES string of the molecule is CNC1=C([N+](=O)[O-])[C@H](c2cccc(OC)c2)c2c(c3ccccc3oc2=O)O1. The molecule has 1 N–H and O–H groups in total. The molecule has 3 aromatic rings. The van der Waals surface area contributed by atoms with Crippen LogP contribution < -0.4 is 20.4 Å². The number of nitrogens with zero attached hydrogens (tertiary/aromatic N) is 1. The van der Waals surface area contributed by atoms with Gasteiger partial charge >= 0.3 is 11.3 Å². The van der Waals surface area contributed by atoms with Crippen molar-refractivity contribution in [3.8, 4) is 11.5 Å². The van der Waals surface area contributed by atoms with E-state index in [9.17, 15) is 14.9 Å². The summed E-state index contributed by atoms with van der Waals surface area (Å²) in [7, 11) is 3.03. The molecule has 0 saturated carbocycles. The monoisotopic (exact) mass is 380 g/mol. The van der Waals surface area contributed by atoms with Gasteiger partial charge in [-0.25, -0.2) is 4.79 Å². The average Bonchev–Trinajstić information content (AvgIpc) is 2.72. The fourth-order valence-corrected chi connectivity index (χ4v) is 3.43. The lowest BCUT2D eigenvalue weighted by molar-refractivity contribution is -0.432. The third-order valence-electron chi connectivity index (χ3n) is 4.65. The zero-order chi connectivity index (χ0) is 19.8. The molecule has 4 rings (SSSR count). The van der Waals surface area contributed by atoms with E-state index in [0.717, 1.165) is 0 Å². The second-order valence-corrected chi connectivity index (χ2v) is 6.16. The highest BCUT2D eigenvalue weighted by molar-refractivity contribution is 5.85. The van der Waals surface area contributed by atoms with Crippen LogP contribution in [0.2, 0.25) is 0 Å². The van der Waals surface area contributed by atoms with Gasteiger partial charge in [-0.2, -0.15) is 0 Å². The lowest BCUT2D eigenvalue weighted by atomic mass is 9.86. The number of hydrogen-bond donors (Lipinski definition) is 1. The highest BCUT2D eigenvalue weighted by atomic mass is 16.6. The molecule has 1 atom stereocenters. The molecule has 0 amide bonds. The molecule has 8 nitrogen and oxygen atoms in total. The lowest BCUT2D eigenvalue weighted by Gasteiger charge is -2.25. The molecule has 0 aliphatic carbocycles. The predicted molar refractivity (Wildman–Crippen MR) is 101 cm³/mol. The van der Waals surface area contributed by atoms with Crippen LogP contribution in [0, 0.1) is 10.1 Å². The molecule has 2 heterocycles. The standard InChI is InChI=1S/C20H16N2O6/c1-21-19-17(22(24)25)15(11-6-5-7-12(10-11)26-2)16-18(28-19)13-8-3-4-9-14(13)27-20(16)23/h3-10,15,21H,1-2H3/t15-/m1/s1. The van der Waals surface area contributed by atoms with Crippen LogP contribution in [0.15, 0.2) is 69.3 Å². The number of rotatable bonds is 4. The average molecular weight is 380 g/mol. The predicted octanol–water partition coefficient (Wildman–Crippen LogP) is 2.99. The van der Waals surface area contributed by atoms with E-state index in [4.69, 9.17) is 13.9 Å². The van der Waals surface area contributed by atoms with Gasteiger partial charge in [0.15, 0.2) is 5.75 Å². The van der Waals surface area contributed by atoms with Crippen LogP contribution in [-0.4, -0.2) is 19.1 Å². The first-order valence-electron chi connectivity index (χ1n) is 8.49. The molecule has 28 heavy (non-hydrogen) atoms. The molecule has 0 spiro atoms. The van der Waals surface area contributed by atoms with Gasteiger partial charge in [-0.3, -0.25) is 10.1 Å². The van der Waals surface area contributed by atoms with Gasteiger partial charge in [0.1, 0.15) is 17.3 Å². The Balaban J connectivity index is 2.09. The minimum atomic E-state index is -0.989. The molecule has 0 unspecified atom stereocenters. The summed E-state index contributed by atoms with van der Waals surface area (Å²) in [6.45, 7) is 0. The Hall–Kier alpha value is -3.81. The molecule has 0 radical (unpaired) electrons. The summed E-state index contributed by atoms with van der Waals surface area (Å²) in [6.07, 6.45) is 0. The van der Waals surface area contributed by atoms with Gasteiger partial charge in [0.2, 0.25) is 0 Å². The Labute approximate surface area is 159 Å². The molecule has 1 aliphatic heterocycles. The molecule has 0 fully saturated rings. The second kappa shape index (κ2) is 6.73. The molecule has 8 heteroatoms. The van der Waals surface area contributed by atoms with E-state index in [0.29, 0.717) is 22.3 Å². The molecular weight excluding hydrogens is 364 g/mol. The quantitative estimate of drug-likeness (QED) is 0.421. The zero-order valence-corrected chi connectivity index (χ0v) is 15.1. The number of ether oxygens (including phenoxy) is 2. The number of nitro groups is 1. The molecule has 1 aliphatic rings. The fraction of sp³-hybridized carbons (Fsp3) is 0.150. The summed E-state index contributed by atoms with van der Waals surface area (Å²) in [4.78, 5) is 24.2. The maximum absolute atomic E-state index is 12.8. The van der Waals surface area contributed by atoms with Crippen molar-refractivity contribution in [3.05, 3.63) is 91.8 Å². The largest absolute Gasteiger partial charge is 0.497 e. The number of fused-ring (bicyclic) bond motifs is 3. The van der Waals surface area contributed by atoms with Crippen LogP contribution in [0.4, 0.5) is 0 Å². The Morgan fingerprint density at radius 3 is 2.68 bits per heavy atom. The summed E-state index contributed by atoms with van der Waals surface area (Å²) in [5.41, 5.74) is -0.0129. The van der Waals surface area contributed by atoms with Crippen LogP contribution in [0.1, 0.15) is 17.0 Å². The molecular formula is C20H16N2O6. The van der Waals surface area contributed by atoms with Gasteiger partial charge in [-0.1, -0.05) is 24.3 Å². The second-order valence-electron chi connectivity index (χ2n) is 6.16. The molecule has 0 bridgehead atoms. The maximum Gasteiger partial charge on any atom is 0.344 e. The molecule has 1 aromatic heterocycles. The number of methoxy groups -OCH3 is 1. The highest BCUT2D eigenvalue weighted by Gasteiger charge is 2.43. The van der Waals surface area contributed by atoms with Crippen LogP contribution in [0.25, 0.3) is 11.0 Å². The third kappa shape index (κ3) is 2.66. The number of benzene rings is 2. The number of para-hydroxylation sites is 1. The summed E-state index contributed by atoms with van der Waals surface area (Å²) < 4.78 is 16.5. The van der Waals surface area contributed by atoms with Crippen molar-refractivity contribution < 1.29 is 18.8 Å². The number of hydrogen-bond acceptors (Lipinski definition) is 7. The van der Waals surface area contributed by atoms with E-state index in [1.807, 2.05) is 0 Å². The summed E-state index contributed by atoms with van der Waals surface area (Å²) in [5, 5.41) is 15.2. The lowest BCUT2D eigenvalue weighted by Crippen LogP contribution is -2.31. The van der Waals surface area contributed by atoms with Gasteiger partial charge < -0.3 is 19.2 Å². The van der Waals surface area contributed by atoms with Crippen molar-refractivity contribution >= 4 is 11.0 Å². The van der Waals surface area contributed by atoms with Crippen LogP contribution >= 0.6 is 0 Å². The van der Waals surface area contributed by atoms with Crippen molar-refractivity contribution in [2.75, 3.05) is 14.2 Å². The van der Waals surface area contributed by atoms with Crippen molar-refractivity contribution in [3.63, 3.8) is 0 Å². The normalized spacial score (nSPS) is 15.7. The zero-order valence-electron chi connectivity index (χ0n) is 15.1. The Morgan fingerprint density at radius 1 is 1.18 bits per heavy atom. The van der Waals surface area contributed by atoms with Gasteiger partial charge in [0.25, 0.3) is 5.88 Å². The van der Waals surface area contributed by atoms with Gasteiger partial charge in [0.05, 0.1) is 23.0 Å². The van der Waals surface area contributed by atoms with E-state index >= 15 is 0 Å². The van der Waals surface area contributed by atoms with Gasteiger partial charge in [-0.05, 0) is 29.8 Å². The highest BCUT2D eigenvalue weighted by Crippen LogP contribution is 2.44. The van der Waals surface area contributed by atoms with Crippen LogP contribution in [0.3, 0.4) is 0 Å². The van der Waals surface area contributed by atoms with Crippen LogP contribution in [0.5, 0.6) is 11.5 Å². The Bertz CT molecular complexity index is 1180.